The fourth-order valence-corrected chi connectivity index (χ4v) is 7.38. The first-order valence-corrected chi connectivity index (χ1v) is 18.3. The van der Waals surface area contributed by atoms with E-state index in [2.05, 4.69) is 16.0 Å². The molecule has 8 nitrogen and oxygen atoms in total. The van der Waals surface area contributed by atoms with Gasteiger partial charge in [-0.05, 0) is 73.0 Å². The first kappa shape index (κ1) is 37.4. The second kappa shape index (κ2) is 17.4. The van der Waals surface area contributed by atoms with E-state index in [0.717, 1.165) is 11.1 Å². The molecular formula is C39H33Cl2N3O5S2. The van der Waals surface area contributed by atoms with E-state index in [9.17, 15) is 19.2 Å². The highest BCUT2D eigenvalue weighted by molar-refractivity contribution is 8.00. The van der Waals surface area contributed by atoms with E-state index in [0.29, 0.717) is 54.3 Å². The number of nitrogens with one attached hydrogen (secondary N) is 3. The average Bonchev–Trinajstić information content (AvgIpc) is 3.54. The molecule has 12 heteroatoms. The third-order valence-electron chi connectivity index (χ3n) is 7.60. The van der Waals surface area contributed by atoms with Crippen LogP contribution in [0.4, 0.5) is 10.7 Å². The van der Waals surface area contributed by atoms with Crippen molar-refractivity contribution in [1.29, 1.82) is 0 Å². The Morgan fingerprint density at radius 3 is 2.33 bits per heavy atom. The Balaban J connectivity index is 1.33. The van der Waals surface area contributed by atoms with Crippen LogP contribution in [0, 0.1) is 6.92 Å². The van der Waals surface area contributed by atoms with Crippen molar-refractivity contribution in [2.24, 2.45) is 0 Å². The Morgan fingerprint density at radius 1 is 0.902 bits per heavy atom. The van der Waals surface area contributed by atoms with Crippen molar-refractivity contribution in [3.8, 4) is 11.1 Å². The van der Waals surface area contributed by atoms with E-state index in [4.69, 9.17) is 27.9 Å². The van der Waals surface area contributed by atoms with Crippen molar-refractivity contribution in [2.75, 3.05) is 17.7 Å². The van der Waals surface area contributed by atoms with E-state index >= 15 is 0 Å². The summed E-state index contributed by atoms with van der Waals surface area (Å²) in [6.07, 6.45) is 1.96. The molecule has 0 spiro atoms. The van der Waals surface area contributed by atoms with E-state index in [1.54, 1.807) is 66.7 Å². The second-order valence-electron chi connectivity index (χ2n) is 11.2. The molecule has 1 unspecified atom stereocenters. The van der Waals surface area contributed by atoms with Gasteiger partial charge < -0.3 is 20.7 Å². The lowest BCUT2D eigenvalue weighted by Crippen LogP contribution is -2.30. The molecule has 5 aromatic rings. The van der Waals surface area contributed by atoms with Gasteiger partial charge in [-0.15, -0.1) is 23.1 Å². The molecule has 0 fully saturated rings. The molecule has 4 aromatic carbocycles. The quantitative estimate of drug-likeness (QED) is 0.0664. The number of amides is 3. The molecule has 1 aromatic heterocycles. The monoisotopic (exact) mass is 757 g/mol. The Labute approximate surface area is 314 Å². The fourth-order valence-electron chi connectivity index (χ4n) is 4.94. The van der Waals surface area contributed by atoms with Crippen LogP contribution in [0.3, 0.4) is 0 Å². The highest BCUT2D eigenvalue weighted by atomic mass is 35.5. The lowest BCUT2D eigenvalue weighted by molar-refractivity contribution is -0.116. The molecular weight excluding hydrogens is 725 g/mol. The number of rotatable bonds is 12. The van der Waals surface area contributed by atoms with Gasteiger partial charge in [0.25, 0.3) is 11.8 Å². The molecule has 260 valence electrons. The lowest BCUT2D eigenvalue weighted by Gasteiger charge is -2.16. The van der Waals surface area contributed by atoms with Crippen molar-refractivity contribution in [3.05, 3.63) is 140 Å². The fraction of sp³-hybridized carbons (Fsp3) is 0.128. The number of methoxy groups -OCH3 is 1. The first-order chi connectivity index (χ1) is 24.6. The number of carbonyl (C=O) groups excluding carboxylic acids is 4. The van der Waals surface area contributed by atoms with Crippen LogP contribution in [0.25, 0.3) is 17.2 Å². The summed E-state index contributed by atoms with van der Waals surface area (Å²) in [6.45, 7) is 3.88. The highest BCUT2D eigenvalue weighted by Crippen LogP contribution is 2.37. The normalized spacial score (nSPS) is 11.7. The Kier molecular flexibility index (Phi) is 12.7. The number of benzene rings is 4. The Morgan fingerprint density at radius 2 is 1.65 bits per heavy atom. The number of hydrogen-bond donors (Lipinski definition) is 3. The molecule has 3 N–H and O–H groups in total. The van der Waals surface area contributed by atoms with Gasteiger partial charge in [0, 0.05) is 37.1 Å². The van der Waals surface area contributed by atoms with Crippen LogP contribution in [0.15, 0.2) is 113 Å². The standard InChI is InChI=1S/C39H33Cl2N3O5S2/c1-4-33(37(47)44-38-34(39(48)49-3)30(22-50-38)24-15-13-23(2)14-16-24)51-29-12-8-11-28(21-29)42-36(46)32(19-26-17-18-27(40)20-31(26)41)43-35(45)25-9-6-5-7-10-25/h5-22,33H,4H2,1-3H3,(H,42,46)(H,43,45)(H,44,47)/b32-19+. The third-order valence-corrected chi connectivity index (χ3v) is 10.4. The molecule has 0 bridgehead atoms. The molecule has 0 radical (unpaired) electrons. The van der Waals surface area contributed by atoms with Crippen molar-refractivity contribution >= 4 is 86.8 Å². The number of carbonyl (C=O) groups is 4. The molecule has 1 heterocycles. The number of ether oxygens (including phenoxy) is 1. The zero-order valence-corrected chi connectivity index (χ0v) is 30.9. The van der Waals surface area contributed by atoms with E-state index < -0.39 is 23.0 Å². The Bertz CT molecular complexity index is 2100. The first-order valence-electron chi connectivity index (χ1n) is 15.7. The van der Waals surface area contributed by atoms with Crippen LogP contribution in [0.1, 0.15) is 45.2 Å². The maximum absolute atomic E-state index is 13.6. The maximum Gasteiger partial charge on any atom is 0.341 e. The number of esters is 1. The predicted molar refractivity (Wildman–Crippen MR) is 208 cm³/mol. The number of anilines is 2. The third kappa shape index (κ3) is 9.68. The smallest absolute Gasteiger partial charge is 0.341 e. The molecule has 5 rings (SSSR count). The maximum atomic E-state index is 13.6. The number of thioether (sulfide) groups is 1. The topological polar surface area (TPSA) is 114 Å². The van der Waals surface area contributed by atoms with Crippen LogP contribution in [-0.4, -0.2) is 36.1 Å². The summed E-state index contributed by atoms with van der Waals surface area (Å²) in [5.74, 6) is -1.89. The summed E-state index contributed by atoms with van der Waals surface area (Å²) >= 11 is 15.0. The molecule has 0 aliphatic rings. The lowest BCUT2D eigenvalue weighted by atomic mass is 10.0. The summed E-state index contributed by atoms with van der Waals surface area (Å²) < 4.78 is 5.07. The summed E-state index contributed by atoms with van der Waals surface area (Å²) in [6, 6.07) is 28.1. The van der Waals surface area contributed by atoms with Crippen LogP contribution >= 0.6 is 46.3 Å². The molecule has 0 saturated carbocycles. The molecule has 0 aliphatic heterocycles. The highest BCUT2D eigenvalue weighted by Gasteiger charge is 2.26. The molecule has 3 amide bonds. The average molecular weight is 759 g/mol. The summed E-state index contributed by atoms with van der Waals surface area (Å²) in [4.78, 5) is 53.8. The van der Waals surface area contributed by atoms with Gasteiger partial charge in [-0.1, -0.05) is 90.3 Å². The van der Waals surface area contributed by atoms with Gasteiger partial charge in [0.15, 0.2) is 0 Å². The Hall–Kier alpha value is -4.87. The minimum absolute atomic E-state index is 0.0423. The van der Waals surface area contributed by atoms with Gasteiger partial charge in [-0.2, -0.15) is 0 Å². The molecule has 0 aliphatic carbocycles. The predicted octanol–water partition coefficient (Wildman–Crippen LogP) is 9.74. The molecule has 1 atom stereocenters. The summed E-state index contributed by atoms with van der Waals surface area (Å²) in [7, 11) is 1.31. The van der Waals surface area contributed by atoms with Crippen LogP contribution in [0.5, 0.6) is 0 Å². The number of thiophene rings is 1. The minimum atomic E-state index is -0.588. The van der Waals surface area contributed by atoms with Crippen LogP contribution in [0.2, 0.25) is 10.0 Å². The van der Waals surface area contributed by atoms with Crippen LogP contribution in [-0.2, 0) is 14.3 Å². The second-order valence-corrected chi connectivity index (χ2v) is 14.2. The number of hydrogen-bond acceptors (Lipinski definition) is 7. The molecule has 0 saturated heterocycles. The van der Waals surface area contributed by atoms with Crippen molar-refractivity contribution < 1.29 is 23.9 Å². The number of aryl methyl sites for hydroxylation is 1. The minimum Gasteiger partial charge on any atom is -0.465 e. The SMILES string of the molecule is CCC(Sc1cccc(NC(=O)/C(=C\c2ccc(Cl)cc2Cl)NC(=O)c2ccccc2)c1)C(=O)Nc1scc(-c2ccc(C)cc2)c1C(=O)OC. The zero-order valence-electron chi connectivity index (χ0n) is 27.8. The van der Waals surface area contributed by atoms with Gasteiger partial charge >= 0.3 is 5.97 Å². The van der Waals surface area contributed by atoms with Crippen molar-refractivity contribution in [1.82, 2.24) is 5.32 Å². The number of halogens is 2. The van der Waals surface area contributed by atoms with Gasteiger partial charge in [-0.25, -0.2) is 4.79 Å². The van der Waals surface area contributed by atoms with Crippen molar-refractivity contribution in [2.45, 2.75) is 30.4 Å². The molecule has 51 heavy (non-hydrogen) atoms. The van der Waals surface area contributed by atoms with Gasteiger partial charge in [0.2, 0.25) is 5.91 Å². The largest absolute Gasteiger partial charge is 0.465 e. The van der Waals surface area contributed by atoms with Crippen LogP contribution < -0.4 is 16.0 Å². The summed E-state index contributed by atoms with van der Waals surface area (Å²) in [5.41, 5.74) is 4.15. The van der Waals surface area contributed by atoms with Gasteiger partial charge in [0.1, 0.15) is 16.3 Å². The van der Waals surface area contributed by atoms with Crippen molar-refractivity contribution in [3.63, 3.8) is 0 Å². The van der Waals surface area contributed by atoms with E-state index in [1.807, 2.05) is 49.6 Å². The van der Waals surface area contributed by atoms with Gasteiger partial charge in [-0.3, -0.25) is 14.4 Å². The zero-order chi connectivity index (χ0) is 36.5. The van der Waals surface area contributed by atoms with Gasteiger partial charge in [0.05, 0.1) is 12.4 Å². The summed E-state index contributed by atoms with van der Waals surface area (Å²) in [5, 5.41) is 10.9. The van der Waals surface area contributed by atoms with E-state index in [-0.39, 0.29) is 11.6 Å². The van der Waals surface area contributed by atoms with E-state index in [1.165, 1.54) is 36.3 Å².